The van der Waals surface area contributed by atoms with Crippen molar-refractivity contribution >= 4 is 0 Å². The Bertz CT molecular complexity index is 233. The summed E-state index contributed by atoms with van der Waals surface area (Å²) in [6, 6.07) is 7.33. The summed E-state index contributed by atoms with van der Waals surface area (Å²) < 4.78 is 0. The van der Waals surface area contributed by atoms with Gasteiger partial charge in [-0.05, 0) is 31.0 Å². The van der Waals surface area contributed by atoms with Gasteiger partial charge in [0, 0.05) is 6.04 Å². The Morgan fingerprint density at radius 1 is 1.55 bits per heavy atom. The summed E-state index contributed by atoms with van der Waals surface area (Å²) in [4.78, 5) is 0. The second kappa shape index (κ2) is 3.39. The molecule has 2 heteroatoms. The van der Waals surface area contributed by atoms with E-state index in [0.717, 1.165) is 12.0 Å². The molecule has 0 aliphatic heterocycles. The van der Waals surface area contributed by atoms with Gasteiger partial charge in [-0.15, -0.1) is 0 Å². The number of phenolic OH excluding ortho intramolecular Hbond substituents is 1. The predicted molar refractivity (Wildman–Crippen MR) is 45.5 cm³/mol. The van der Waals surface area contributed by atoms with Crippen LogP contribution in [-0.2, 0) is 6.42 Å². The molecule has 1 atom stereocenters. The minimum Gasteiger partial charge on any atom is -0.508 e. The fraction of sp³-hybridized carbons (Fsp3) is 0.333. The topological polar surface area (TPSA) is 46.2 Å². The highest BCUT2D eigenvalue weighted by Gasteiger charge is 1.97. The van der Waals surface area contributed by atoms with Gasteiger partial charge >= 0.3 is 0 Å². The van der Waals surface area contributed by atoms with Crippen LogP contribution >= 0.6 is 0 Å². The Hall–Kier alpha value is -1.02. The summed E-state index contributed by atoms with van der Waals surface area (Å²) in [6.07, 6.45) is 0.814. The molecule has 0 aromatic heterocycles. The SMILES string of the molecule is C[C@H](N)Cc1cccc(O)c1. The first-order valence-electron chi connectivity index (χ1n) is 3.72. The molecule has 1 aromatic rings. The van der Waals surface area contributed by atoms with E-state index in [2.05, 4.69) is 0 Å². The second-order valence-corrected chi connectivity index (χ2v) is 2.85. The number of hydrogen-bond acceptors (Lipinski definition) is 2. The molecule has 60 valence electrons. The van der Waals surface area contributed by atoms with Gasteiger partial charge in [-0.25, -0.2) is 0 Å². The van der Waals surface area contributed by atoms with Crippen LogP contribution in [0.5, 0.6) is 5.75 Å². The predicted octanol–water partition coefficient (Wildman–Crippen LogP) is 1.28. The van der Waals surface area contributed by atoms with Gasteiger partial charge in [0.05, 0.1) is 0 Å². The Kier molecular flexibility index (Phi) is 2.49. The lowest BCUT2D eigenvalue weighted by Gasteiger charge is -2.04. The molecule has 1 rings (SSSR count). The summed E-state index contributed by atoms with van der Waals surface area (Å²) in [6.45, 7) is 1.95. The van der Waals surface area contributed by atoms with Crippen LogP contribution in [0.25, 0.3) is 0 Å². The molecule has 0 unspecified atom stereocenters. The third-order valence-corrected chi connectivity index (χ3v) is 1.47. The van der Waals surface area contributed by atoms with Crippen LogP contribution in [-0.4, -0.2) is 11.1 Å². The minimum absolute atomic E-state index is 0.150. The highest BCUT2D eigenvalue weighted by molar-refractivity contribution is 5.27. The standard InChI is InChI=1S/C9H13NO/c1-7(10)5-8-3-2-4-9(11)6-8/h2-4,6-7,11H,5,10H2,1H3/t7-/m0/s1. The zero-order valence-electron chi connectivity index (χ0n) is 6.62. The van der Waals surface area contributed by atoms with Gasteiger partial charge in [0.2, 0.25) is 0 Å². The van der Waals surface area contributed by atoms with Crippen LogP contribution < -0.4 is 5.73 Å². The van der Waals surface area contributed by atoms with Crippen molar-refractivity contribution in [2.75, 3.05) is 0 Å². The second-order valence-electron chi connectivity index (χ2n) is 2.85. The summed E-state index contributed by atoms with van der Waals surface area (Å²) in [7, 11) is 0. The van der Waals surface area contributed by atoms with Gasteiger partial charge in [0.15, 0.2) is 0 Å². The van der Waals surface area contributed by atoms with E-state index in [0.29, 0.717) is 5.75 Å². The number of hydrogen-bond donors (Lipinski definition) is 2. The smallest absolute Gasteiger partial charge is 0.115 e. The first-order chi connectivity index (χ1) is 5.18. The maximum atomic E-state index is 9.09. The number of rotatable bonds is 2. The van der Waals surface area contributed by atoms with Crippen LogP contribution in [0.3, 0.4) is 0 Å². The molecule has 0 saturated heterocycles. The molecule has 0 bridgehead atoms. The molecule has 1 aromatic carbocycles. The molecule has 0 fully saturated rings. The van der Waals surface area contributed by atoms with E-state index in [1.54, 1.807) is 12.1 Å². The van der Waals surface area contributed by atoms with Gasteiger partial charge in [-0.2, -0.15) is 0 Å². The lowest BCUT2D eigenvalue weighted by molar-refractivity contribution is 0.474. The van der Waals surface area contributed by atoms with Crippen molar-refractivity contribution in [1.29, 1.82) is 0 Å². The van der Waals surface area contributed by atoms with Crippen molar-refractivity contribution in [3.05, 3.63) is 29.8 Å². The Balaban J connectivity index is 2.71. The lowest BCUT2D eigenvalue weighted by atomic mass is 10.1. The average molecular weight is 151 g/mol. The van der Waals surface area contributed by atoms with Crippen LogP contribution in [0.4, 0.5) is 0 Å². The van der Waals surface area contributed by atoms with Gasteiger partial charge in [-0.3, -0.25) is 0 Å². The zero-order chi connectivity index (χ0) is 8.27. The van der Waals surface area contributed by atoms with E-state index in [-0.39, 0.29) is 6.04 Å². The molecular weight excluding hydrogens is 138 g/mol. The van der Waals surface area contributed by atoms with Crippen molar-refractivity contribution in [2.24, 2.45) is 5.73 Å². The molecule has 0 aliphatic carbocycles. The van der Waals surface area contributed by atoms with E-state index in [1.165, 1.54) is 0 Å². The van der Waals surface area contributed by atoms with Crippen LogP contribution in [0.1, 0.15) is 12.5 Å². The summed E-state index contributed by atoms with van der Waals surface area (Å²) >= 11 is 0. The molecule has 3 N–H and O–H groups in total. The molecule has 0 amide bonds. The number of phenols is 1. The molecule has 0 aliphatic rings. The molecule has 0 heterocycles. The van der Waals surface area contributed by atoms with E-state index in [1.807, 2.05) is 19.1 Å². The van der Waals surface area contributed by atoms with Crippen LogP contribution in [0.15, 0.2) is 24.3 Å². The molecule has 11 heavy (non-hydrogen) atoms. The van der Waals surface area contributed by atoms with Gasteiger partial charge in [0.1, 0.15) is 5.75 Å². The zero-order valence-corrected chi connectivity index (χ0v) is 6.62. The first kappa shape index (κ1) is 8.08. The van der Waals surface area contributed by atoms with Crippen LogP contribution in [0, 0.1) is 0 Å². The van der Waals surface area contributed by atoms with Crippen molar-refractivity contribution in [2.45, 2.75) is 19.4 Å². The largest absolute Gasteiger partial charge is 0.508 e. The first-order valence-corrected chi connectivity index (χ1v) is 3.72. The molecular formula is C9H13NO. The Labute approximate surface area is 66.7 Å². The van der Waals surface area contributed by atoms with Crippen molar-refractivity contribution < 1.29 is 5.11 Å². The molecule has 0 radical (unpaired) electrons. The van der Waals surface area contributed by atoms with E-state index in [4.69, 9.17) is 10.8 Å². The third kappa shape index (κ3) is 2.60. The third-order valence-electron chi connectivity index (χ3n) is 1.47. The van der Waals surface area contributed by atoms with Gasteiger partial charge in [-0.1, -0.05) is 12.1 Å². The van der Waals surface area contributed by atoms with Crippen molar-refractivity contribution in [3.8, 4) is 5.75 Å². The average Bonchev–Trinajstić information content (AvgIpc) is 1.85. The Morgan fingerprint density at radius 3 is 2.82 bits per heavy atom. The van der Waals surface area contributed by atoms with E-state index < -0.39 is 0 Å². The molecule has 2 nitrogen and oxygen atoms in total. The monoisotopic (exact) mass is 151 g/mol. The van der Waals surface area contributed by atoms with Crippen molar-refractivity contribution in [1.82, 2.24) is 0 Å². The summed E-state index contributed by atoms with van der Waals surface area (Å²) in [5.41, 5.74) is 6.68. The number of aromatic hydroxyl groups is 1. The maximum Gasteiger partial charge on any atom is 0.115 e. The highest BCUT2D eigenvalue weighted by atomic mass is 16.3. The van der Waals surface area contributed by atoms with Gasteiger partial charge < -0.3 is 10.8 Å². The quantitative estimate of drug-likeness (QED) is 0.668. The lowest BCUT2D eigenvalue weighted by Crippen LogP contribution is -2.17. The fourth-order valence-corrected chi connectivity index (χ4v) is 1.06. The van der Waals surface area contributed by atoms with Crippen LogP contribution in [0.2, 0.25) is 0 Å². The van der Waals surface area contributed by atoms with Gasteiger partial charge in [0.25, 0.3) is 0 Å². The van der Waals surface area contributed by atoms with E-state index >= 15 is 0 Å². The number of nitrogens with two attached hydrogens (primary N) is 1. The summed E-state index contributed by atoms with van der Waals surface area (Å²) in [5.74, 6) is 0.308. The highest BCUT2D eigenvalue weighted by Crippen LogP contribution is 2.11. The minimum atomic E-state index is 0.150. The van der Waals surface area contributed by atoms with E-state index in [9.17, 15) is 0 Å². The fourth-order valence-electron chi connectivity index (χ4n) is 1.06. The molecule has 0 saturated carbocycles. The summed E-state index contributed by atoms with van der Waals surface area (Å²) in [5, 5.41) is 9.09. The maximum absolute atomic E-state index is 9.09. The molecule has 0 spiro atoms. The Morgan fingerprint density at radius 2 is 2.27 bits per heavy atom. The van der Waals surface area contributed by atoms with Crippen molar-refractivity contribution in [3.63, 3.8) is 0 Å². The normalized spacial score (nSPS) is 12.9. The number of benzene rings is 1.